The Hall–Kier alpha value is -3.80. The number of carbonyl (C=O) groups is 2. The molecule has 3 aromatic carbocycles. The molecular weight excluding hydrogens is 356 g/mol. The highest BCUT2D eigenvalue weighted by Crippen LogP contribution is 2.28. The molecule has 0 saturated heterocycles. The summed E-state index contributed by atoms with van der Waals surface area (Å²) in [5, 5.41) is 4.93. The quantitative estimate of drug-likeness (QED) is 0.619. The van der Waals surface area contributed by atoms with Crippen molar-refractivity contribution in [2.75, 3.05) is 19.0 Å². The smallest absolute Gasteiger partial charge is 0.255 e. The molecule has 0 aliphatic heterocycles. The van der Waals surface area contributed by atoms with Gasteiger partial charge in [0.15, 0.2) is 18.1 Å². The van der Waals surface area contributed by atoms with Crippen LogP contribution in [0.2, 0.25) is 0 Å². The predicted molar refractivity (Wildman–Crippen MR) is 109 cm³/mol. The van der Waals surface area contributed by atoms with Gasteiger partial charge in [-0.25, -0.2) is 0 Å². The monoisotopic (exact) mass is 376 g/mol. The molecule has 28 heavy (non-hydrogen) atoms. The molecule has 2 amide bonds. The van der Waals surface area contributed by atoms with Gasteiger partial charge < -0.3 is 20.5 Å². The second-order valence-electron chi connectivity index (χ2n) is 6.01. The van der Waals surface area contributed by atoms with Crippen LogP contribution in [0.5, 0.6) is 11.5 Å². The Bertz CT molecular complexity index is 1040. The second kappa shape index (κ2) is 8.73. The highest BCUT2D eigenvalue weighted by Gasteiger charge is 2.07. The molecule has 0 heterocycles. The third-order valence-electron chi connectivity index (χ3n) is 4.03. The molecule has 0 atom stereocenters. The van der Waals surface area contributed by atoms with E-state index < -0.39 is 5.91 Å². The first-order chi connectivity index (χ1) is 13.6. The van der Waals surface area contributed by atoms with Gasteiger partial charge in [-0.2, -0.15) is 0 Å². The van der Waals surface area contributed by atoms with E-state index in [0.29, 0.717) is 11.5 Å². The zero-order chi connectivity index (χ0) is 19.9. The van der Waals surface area contributed by atoms with Gasteiger partial charge in [0.2, 0.25) is 5.91 Å². The molecule has 3 rings (SSSR count). The van der Waals surface area contributed by atoms with Crippen molar-refractivity contribution in [3.8, 4) is 11.5 Å². The number of hydrogen-bond acceptors (Lipinski definition) is 4. The van der Waals surface area contributed by atoms with E-state index in [1.54, 1.807) is 24.3 Å². The van der Waals surface area contributed by atoms with Gasteiger partial charge in [-0.05, 0) is 35.2 Å². The zero-order valence-corrected chi connectivity index (χ0v) is 15.3. The maximum absolute atomic E-state index is 12.3. The van der Waals surface area contributed by atoms with Crippen molar-refractivity contribution in [1.82, 2.24) is 0 Å². The number of fused-ring (bicyclic) bond motifs is 1. The minimum atomic E-state index is -0.573. The summed E-state index contributed by atoms with van der Waals surface area (Å²) in [4.78, 5) is 23.2. The lowest BCUT2D eigenvalue weighted by molar-refractivity contribution is -0.120. The second-order valence-corrected chi connectivity index (χ2v) is 6.01. The molecule has 6 heteroatoms. The van der Waals surface area contributed by atoms with E-state index in [1.165, 1.54) is 13.2 Å². The Morgan fingerprint density at radius 1 is 1.04 bits per heavy atom. The fourth-order valence-corrected chi connectivity index (χ4v) is 2.74. The van der Waals surface area contributed by atoms with Gasteiger partial charge in [0.05, 0.1) is 7.11 Å². The average Bonchev–Trinajstić information content (AvgIpc) is 2.71. The molecule has 0 radical (unpaired) electrons. The maximum Gasteiger partial charge on any atom is 0.255 e. The lowest BCUT2D eigenvalue weighted by atomic mass is 10.1. The number of benzene rings is 3. The fourth-order valence-electron chi connectivity index (χ4n) is 2.74. The topological polar surface area (TPSA) is 90.7 Å². The maximum atomic E-state index is 12.3. The first-order valence-corrected chi connectivity index (χ1v) is 8.63. The largest absolute Gasteiger partial charge is 0.493 e. The van der Waals surface area contributed by atoms with Crippen LogP contribution in [0, 0.1) is 0 Å². The summed E-state index contributed by atoms with van der Waals surface area (Å²) in [6.07, 6.45) is 3.11. The van der Waals surface area contributed by atoms with Crippen LogP contribution in [0.25, 0.3) is 16.8 Å². The number of nitrogens with one attached hydrogen (secondary N) is 1. The highest BCUT2D eigenvalue weighted by atomic mass is 16.5. The molecule has 0 aromatic heterocycles. The number of rotatable bonds is 7. The van der Waals surface area contributed by atoms with Gasteiger partial charge in [-0.15, -0.1) is 0 Å². The van der Waals surface area contributed by atoms with E-state index >= 15 is 0 Å². The van der Waals surface area contributed by atoms with Crippen molar-refractivity contribution in [1.29, 1.82) is 0 Å². The summed E-state index contributed by atoms with van der Waals surface area (Å²) in [7, 11) is 1.49. The van der Waals surface area contributed by atoms with Crippen molar-refractivity contribution >= 4 is 34.4 Å². The van der Waals surface area contributed by atoms with Crippen LogP contribution in [0.15, 0.2) is 66.7 Å². The first-order valence-electron chi connectivity index (χ1n) is 8.63. The Morgan fingerprint density at radius 3 is 2.61 bits per heavy atom. The van der Waals surface area contributed by atoms with Crippen LogP contribution in [0.4, 0.5) is 5.69 Å². The third kappa shape index (κ3) is 4.67. The normalized spacial score (nSPS) is 10.8. The highest BCUT2D eigenvalue weighted by molar-refractivity contribution is 6.07. The zero-order valence-electron chi connectivity index (χ0n) is 15.3. The molecule has 0 saturated carbocycles. The summed E-state index contributed by atoms with van der Waals surface area (Å²) in [5.74, 6) is 0.0250. The molecule has 0 aliphatic carbocycles. The molecule has 6 nitrogen and oxygen atoms in total. The minimum Gasteiger partial charge on any atom is -0.493 e. The SMILES string of the molecule is COc1cc(C=CC(=O)Nc2cccc3ccccc23)ccc1OCC(N)=O. The Labute approximate surface area is 162 Å². The minimum absolute atomic E-state index is 0.237. The van der Waals surface area contributed by atoms with Gasteiger partial charge in [-0.1, -0.05) is 42.5 Å². The summed E-state index contributed by atoms with van der Waals surface area (Å²) in [5.41, 5.74) is 6.58. The lowest BCUT2D eigenvalue weighted by Crippen LogP contribution is -2.20. The Balaban J connectivity index is 1.72. The molecule has 0 aliphatic rings. The molecule has 0 spiro atoms. The van der Waals surface area contributed by atoms with Crippen molar-refractivity contribution < 1.29 is 19.1 Å². The lowest BCUT2D eigenvalue weighted by Gasteiger charge is -2.10. The van der Waals surface area contributed by atoms with Crippen molar-refractivity contribution in [2.24, 2.45) is 5.73 Å². The molecule has 3 aromatic rings. The van der Waals surface area contributed by atoms with Crippen LogP contribution in [0.1, 0.15) is 5.56 Å². The summed E-state index contributed by atoms with van der Waals surface area (Å²) < 4.78 is 10.5. The van der Waals surface area contributed by atoms with Crippen LogP contribution >= 0.6 is 0 Å². The standard InChI is InChI=1S/C22H20N2O4/c1-27-20-13-15(9-11-19(20)28-14-21(23)25)10-12-22(26)24-18-8-4-6-16-5-2-3-7-17(16)18/h2-13H,14H2,1H3,(H2,23,25)(H,24,26). The predicted octanol–water partition coefficient (Wildman–Crippen LogP) is 3.36. The van der Waals surface area contributed by atoms with Gasteiger partial charge in [0, 0.05) is 17.1 Å². The third-order valence-corrected chi connectivity index (χ3v) is 4.03. The van der Waals surface area contributed by atoms with Crippen molar-refractivity contribution in [2.45, 2.75) is 0 Å². The number of primary amides is 1. The van der Waals surface area contributed by atoms with Gasteiger partial charge in [0.1, 0.15) is 0 Å². The Kier molecular flexibility index (Phi) is 5.91. The summed E-state index contributed by atoms with van der Waals surface area (Å²) in [6, 6.07) is 18.7. The van der Waals surface area contributed by atoms with Crippen LogP contribution in [0.3, 0.4) is 0 Å². The molecule has 0 fully saturated rings. The summed E-state index contributed by atoms with van der Waals surface area (Å²) >= 11 is 0. The van der Waals surface area contributed by atoms with E-state index in [4.69, 9.17) is 15.2 Å². The average molecular weight is 376 g/mol. The van der Waals surface area contributed by atoms with E-state index in [1.807, 2.05) is 42.5 Å². The van der Waals surface area contributed by atoms with E-state index in [0.717, 1.165) is 22.0 Å². The number of nitrogens with two attached hydrogens (primary N) is 1. The molecule has 142 valence electrons. The summed E-state index contributed by atoms with van der Waals surface area (Å²) in [6.45, 7) is -0.237. The van der Waals surface area contributed by atoms with Crippen LogP contribution in [-0.2, 0) is 9.59 Å². The van der Waals surface area contributed by atoms with Crippen LogP contribution in [-0.4, -0.2) is 25.5 Å². The first kappa shape index (κ1) is 19.0. The van der Waals surface area contributed by atoms with Crippen molar-refractivity contribution in [3.05, 3.63) is 72.3 Å². The molecule has 0 bridgehead atoms. The molecule has 3 N–H and O–H groups in total. The van der Waals surface area contributed by atoms with Crippen LogP contribution < -0.4 is 20.5 Å². The Morgan fingerprint density at radius 2 is 1.82 bits per heavy atom. The van der Waals surface area contributed by atoms with E-state index in [9.17, 15) is 9.59 Å². The molecule has 0 unspecified atom stereocenters. The number of methoxy groups -OCH3 is 1. The fraction of sp³-hybridized carbons (Fsp3) is 0.0909. The van der Waals surface area contributed by atoms with Gasteiger partial charge in [0.25, 0.3) is 5.91 Å². The number of anilines is 1. The van der Waals surface area contributed by atoms with E-state index in [2.05, 4.69) is 5.32 Å². The number of ether oxygens (including phenoxy) is 2. The van der Waals surface area contributed by atoms with E-state index in [-0.39, 0.29) is 12.5 Å². The van der Waals surface area contributed by atoms with Gasteiger partial charge in [-0.3, -0.25) is 9.59 Å². The molecular formula is C22H20N2O4. The number of carbonyl (C=O) groups excluding carboxylic acids is 2. The number of hydrogen-bond donors (Lipinski definition) is 2. The number of amides is 2. The van der Waals surface area contributed by atoms with Crippen molar-refractivity contribution in [3.63, 3.8) is 0 Å². The van der Waals surface area contributed by atoms with Gasteiger partial charge >= 0.3 is 0 Å².